The number of ketones is 1. The Labute approximate surface area is 113 Å². The van der Waals surface area contributed by atoms with Crippen LogP contribution in [-0.2, 0) is 4.74 Å². The molecule has 0 unspecified atom stereocenters. The summed E-state index contributed by atoms with van der Waals surface area (Å²) < 4.78 is 5.91. The topological polar surface area (TPSA) is 26.3 Å². The van der Waals surface area contributed by atoms with Gasteiger partial charge in [0.25, 0.3) is 0 Å². The first-order chi connectivity index (χ1) is 8.59. The maximum Gasteiger partial charge on any atom is 0.195 e. The Balaban J connectivity index is 2.25. The molecular weight excluding hydrogens is 244 g/mol. The van der Waals surface area contributed by atoms with Crippen molar-refractivity contribution in [1.29, 1.82) is 0 Å². The molecule has 3 heteroatoms. The quantitative estimate of drug-likeness (QED) is 0.762. The van der Waals surface area contributed by atoms with Gasteiger partial charge in [0.1, 0.15) is 5.60 Å². The van der Waals surface area contributed by atoms with E-state index in [0.717, 1.165) is 42.0 Å². The summed E-state index contributed by atoms with van der Waals surface area (Å²) in [5, 5.41) is 1.99. The number of hydrogen-bond donors (Lipinski definition) is 0. The van der Waals surface area contributed by atoms with E-state index in [1.165, 1.54) is 0 Å². The van der Waals surface area contributed by atoms with Gasteiger partial charge in [-0.05, 0) is 56.9 Å². The Morgan fingerprint density at radius 2 is 2.17 bits per heavy atom. The lowest BCUT2D eigenvalue weighted by Crippen LogP contribution is -2.44. The number of thiophene rings is 1. The van der Waals surface area contributed by atoms with Crippen molar-refractivity contribution in [2.75, 3.05) is 6.61 Å². The third kappa shape index (κ3) is 2.52. The van der Waals surface area contributed by atoms with Gasteiger partial charge in [0.15, 0.2) is 5.78 Å². The zero-order chi connectivity index (χ0) is 13.2. The van der Waals surface area contributed by atoms with Crippen molar-refractivity contribution in [3.8, 4) is 0 Å². The smallest absolute Gasteiger partial charge is 0.195 e. The Bertz CT molecular complexity index is 414. The van der Waals surface area contributed by atoms with Gasteiger partial charge in [-0.1, -0.05) is 6.92 Å². The first kappa shape index (κ1) is 13.8. The summed E-state index contributed by atoms with van der Waals surface area (Å²) in [5.74, 6) is 0.921. The van der Waals surface area contributed by atoms with Gasteiger partial charge >= 0.3 is 0 Å². The molecule has 0 aromatic carbocycles. The molecule has 1 aromatic heterocycles. The second kappa shape index (κ2) is 5.54. The van der Waals surface area contributed by atoms with Gasteiger partial charge in [-0.25, -0.2) is 0 Å². The molecule has 1 fully saturated rings. The average Bonchev–Trinajstić information content (AvgIpc) is 2.78. The van der Waals surface area contributed by atoms with E-state index in [1.807, 2.05) is 25.3 Å². The van der Waals surface area contributed by atoms with Gasteiger partial charge in [0, 0.05) is 17.0 Å². The highest BCUT2D eigenvalue weighted by Gasteiger charge is 2.42. The summed E-state index contributed by atoms with van der Waals surface area (Å²) >= 11 is 1.64. The van der Waals surface area contributed by atoms with Crippen LogP contribution in [0.25, 0.3) is 0 Å². The Morgan fingerprint density at radius 1 is 1.50 bits per heavy atom. The standard InChI is InChI=1S/C15H22O2S/c1-4-17-15(8-5-11(2)6-9-15)14(16)13-7-10-18-12(13)3/h7,10-11H,4-6,8-9H2,1-3H3. The molecule has 1 saturated carbocycles. The van der Waals surface area contributed by atoms with Gasteiger partial charge in [-0.2, -0.15) is 0 Å². The van der Waals surface area contributed by atoms with E-state index >= 15 is 0 Å². The van der Waals surface area contributed by atoms with E-state index < -0.39 is 5.60 Å². The molecule has 1 aliphatic rings. The molecule has 1 heterocycles. The molecule has 0 amide bonds. The van der Waals surface area contributed by atoms with E-state index in [9.17, 15) is 4.79 Å². The number of carbonyl (C=O) groups excluding carboxylic acids is 1. The highest BCUT2D eigenvalue weighted by molar-refractivity contribution is 7.10. The highest BCUT2D eigenvalue weighted by Crippen LogP contribution is 2.38. The fourth-order valence-electron chi connectivity index (χ4n) is 2.81. The monoisotopic (exact) mass is 266 g/mol. The second-order valence-corrected chi connectivity index (χ2v) is 6.45. The maximum absolute atomic E-state index is 12.8. The molecule has 0 spiro atoms. The molecule has 0 saturated heterocycles. The minimum atomic E-state index is -0.549. The van der Waals surface area contributed by atoms with Crippen molar-refractivity contribution in [2.45, 2.75) is 52.1 Å². The van der Waals surface area contributed by atoms with E-state index in [0.29, 0.717) is 6.61 Å². The van der Waals surface area contributed by atoms with Gasteiger partial charge < -0.3 is 4.74 Å². The predicted molar refractivity (Wildman–Crippen MR) is 75.4 cm³/mol. The third-order valence-electron chi connectivity index (χ3n) is 4.02. The van der Waals surface area contributed by atoms with Gasteiger partial charge in [0.2, 0.25) is 0 Å². The van der Waals surface area contributed by atoms with Crippen molar-refractivity contribution in [3.05, 3.63) is 21.9 Å². The lowest BCUT2D eigenvalue weighted by Gasteiger charge is -2.37. The summed E-state index contributed by atoms with van der Waals surface area (Å²) in [5.41, 5.74) is 0.315. The highest BCUT2D eigenvalue weighted by atomic mass is 32.1. The molecule has 0 radical (unpaired) electrons. The normalized spacial score (nSPS) is 28.3. The van der Waals surface area contributed by atoms with Crippen molar-refractivity contribution >= 4 is 17.1 Å². The molecule has 2 rings (SSSR count). The van der Waals surface area contributed by atoms with Crippen LogP contribution in [0, 0.1) is 12.8 Å². The molecular formula is C15H22O2S. The molecule has 0 bridgehead atoms. The number of rotatable bonds is 4. The molecule has 0 atom stereocenters. The zero-order valence-electron chi connectivity index (χ0n) is 11.5. The van der Waals surface area contributed by atoms with Gasteiger partial charge in [-0.3, -0.25) is 4.79 Å². The van der Waals surface area contributed by atoms with Crippen molar-refractivity contribution < 1.29 is 9.53 Å². The van der Waals surface area contributed by atoms with Gasteiger partial charge in [0.05, 0.1) is 0 Å². The van der Waals surface area contributed by atoms with Crippen LogP contribution in [0.5, 0.6) is 0 Å². The second-order valence-electron chi connectivity index (χ2n) is 5.33. The number of aryl methyl sites for hydroxylation is 1. The van der Waals surface area contributed by atoms with E-state index in [-0.39, 0.29) is 5.78 Å². The average molecular weight is 266 g/mol. The molecule has 100 valence electrons. The van der Waals surface area contributed by atoms with Crippen LogP contribution in [-0.4, -0.2) is 18.0 Å². The molecule has 0 N–H and O–H groups in total. The fraction of sp³-hybridized carbons (Fsp3) is 0.667. The minimum absolute atomic E-state index is 0.204. The predicted octanol–water partition coefficient (Wildman–Crippen LogP) is 4.22. The lowest BCUT2D eigenvalue weighted by atomic mass is 9.75. The van der Waals surface area contributed by atoms with Crippen LogP contribution < -0.4 is 0 Å². The number of ether oxygens (including phenoxy) is 1. The summed E-state index contributed by atoms with van der Waals surface area (Å²) in [4.78, 5) is 13.9. The summed E-state index contributed by atoms with van der Waals surface area (Å²) in [7, 11) is 0. The van der Waals surface area contributed by atoms with Crippen molar-refractivity contribution in [3.63, 3.8) is 0 Å². The molecule has 0 aliphatic heterocycles. The summed E-state index contributed by atoms with van der Waals surface area (Å²) in [6, 6.07) is 1.95. The summed E-state index contributed by atoms with van der Waals surface area (Å²) in [6.07, 6.45) is 3.93. The van der Waals surface area contributed by atoms with Crippen LogP contribution in [0.4, 0.5) is 0 Å². The Kier molecular flexibility index (Phi) is 4.23. The number of hydrogen-bond acceptors (Lipinski definition) is 3. The van der Waals surface area contributed by atoms with E-state index in [1.54, 1.807) is 11.3 Å². The van der Waals surface area contributed by atoms with Crippen LogP contribution in [0.3, 0.4) is 0 Å². The SMILES string of the molecule is CCOC1(C(=O)c2ccsc2C)CCC(C)CC1. The molecule has 1 aromatic rings. The van der Waals surface area contributed by atoms with Crippen molar-refractivity contribution in [2.24, 2.45) is 5.92 Å². The zero-order valence-corrected chi connectivity index (χ0v) is 12.3. The van der Waals surface area contributed by atoms with Gasteiger partial charge in [-0.15, -0.1) is 11.3 Å². The molecule has 2 nitrogen and oxygen atoms in total. The maximum atomic E-state index is 12.8. The van der Waals surface area contributed by atoms with E-state index in [2.05, 4.69) is 6.92 Å². The minimum Gasteiger partial charge on any atom is -0.367 e. The molecule has 18 heavy (non-hydrogen) atoms. The number of Topliss-reactive ketones (excluding diaryl/α,β-unsaturated/α-hetero) is 1. The first-order valence-corrected chi connectivity index (χ1v) is 7.70. The molecule has 1 aliphatic carbocycles. The lowest BCUT2D eigenvalue weighted by molar-refractivity contribution is -0.0474. The third-order valence-corrected chi connectivity index (χ3v) is 4.87. The van der Waals surface area contributed by atoms with Crippen LogP contribution in [0.1, 0.15) is 54.8 Å². The van der Waals surface area contributed by atoms with Crippen LogP contribution in [0.2, 0.25) is 0 Å². The number of carbonyl (C=O) groups is 1. The first-order valence-electron chi connectivity index (χ1n) is 6.82. The van der Waals surface area contributed by atoms with Crippen LogP contribution >= 0.6 is 11.3 Å². The Hall–Kier alpha value is -0.670. The fourth-order valence-corrected chi connectivity index (χ4v) is 3.50. The van der Waals surface area contributed by atoms with Crippen molar-refractivity contribution in [1.82, 2.24) is 0 Å². The van der Waals surface area contributed by atoms with E-state index in [4.69, 9.17) is 4.74 Å². The largest absolute Gasteiger partial charge is 0.367 e. The Morgan fingerprint density at radius 3 is 2.67 bits per heavy atom. The summed E-state index contributed by atoms with van der Waals surface area (Å²) in [6.45, 7) is 6.87. The van der Waals surface area contributed by atoms with Crippen LogP contribution in [0.15, 0.2) is 11.4 Å².